The first-order chi connectivity index (χ1) is 15.1. The Morgan fingerprint density at radius 1 is 1.03 bits per heavy atom. The number of aromatic nitrogens is 5. The molecule has 3 heterocycles. The fourth-order valence-electron chi connectivity index (χ4n) is 3.74. The van der Waals surface area contributed by atoms with Crippen molar-refractivity contribution in [2.24, 2.45) is 0 Å². The van der Waals surface area contributed by atoms with Gasteiger partial charge in [0.15, 0.2) is 0 Å². The van der Waals surface area contributed by atoms with Gasteiger partial charge >= 0.3 is 0 Å². The molecule has 5 rings (SSSR count). The molecule has 0 bridgehead atoms. The summed E-state index contributed by atoms with van der Waals surface area (Å²) in [5.41, 5.74) is 11.7. The first-order valence-corrected chi connectivity index (χ1v) is 10.2. The molecule has 0 radical (unpaired) electrons. The van der Waals surface area contributed by atoms with E-state index < -0.39 is 0 Å². The Morgan fingerprint density at radius 3 is 2.65 bits per heavy atom. The van der Waals surface area contributed by atoms with Crippen molar-refractivity contribution < 1.29 is 4.39 Å². The number of aryl methyl sites for hydroxylation is 1. The molecule has 0 unspecified atom stereocenters. The summed E-state index contributed by atoms with van der Waals surface area (Å²) in [6, 6.07) is 12.5. The average Bonchev–Trinajstić information content (AvgIpc) is 3.43. The fraction of sp³-hybridized carbons (Fsp3) is 0.174. The van der Waals surface area contributed by atoms with Crippen LogP contribution < -0.4 is 11.1 Å². The third-order valence-electron chi connectivity index (χ3n) is 5.32. The van der Waals surface area contributed by atoms with Gasteiger partial charge in [0.2, 0.25) is 5.95 Å². The number of hydrogen-bond donors (Lipinski definition) is 2. The van der Waals surface area contributed by atoms with Crippen LogP contribution in [-0.4, -0.2) is 24.1 Å². The first kappa shape index (κ1) is 19.2. The Morgan fingerprint density at radius 2 is 1.87 bits per heavy atom. The van der Waals surface area contributed by atoms with Crippen molar-refractivity contribution in [2.45, 2.75) is 26.6 Å². The first-order valence-electron chi connectivity index (χ1n) is 10.2. The Labute approximate surface area is 178 Å². The summed E-state index contributed by atoms with van der Waals surface area (Å²) in [6.45, 7) is 4.03. The number of rotatable bonds is 6. The van der Waals surface area contributed by atoms with Gasteiger partial charge in [0.05, 0.1) is 17.4 Å². The normalized spacial score (nSPS) is 11.5. The molecule has 0 atom stereocenters. The Kier molecular flexibility index (Phi) is 4.83. The molecule has 8 heteroatoms. The van der Waals surface area contributed by atoms with E-state index in [1.165, 1.54) is 12.1 Å². The van der Waals surface area contributed by atoms with E-state index in [9.17, 15) is 4.39 Å². The van der Waals surface area contributed by atoms with Gasteiger partial charge in [0.25, 0.3) is 0 Å². The minimum absolute atomic E-state index is 0.236. The van der Waals surface area contributed by atoms with Crippen molar-refractivity contribution in [1.82, 2.24) is 29.5 Å². The molecule has 0 saturated heterocycles. The highest BCUT2D eigenvalue weighted by Crippen LogP contribution is 2.30. The van der Waals surface area contributed by atoms with E-state index in [2.05, 4.69) is 22.3 Å². The van der Waals surface area contributed by atoms with E-state index in [0.29, 0.717) is 19.0 Å². The van der Waals surface area contributed by atoms with Crippen LogP contribution in [0.5, 0.6) is 0 Å². The standard InChI is InChI=1S/C23H22FN7/c1-2-30-13-16(11-27-30)19-4-3-5-20-21(19)29-23(25)31-14-18(28-22(20)31)12-26-10-15-6-8-17(24)9-7-15/h3-9,11,13-14,26H,2,10,12H2,1H3,(H2,25,29). The van der Waals surface area contributed by atoms with Crippen LogP contribution in [0.15, 0.2) is 61.1 Å². The molecule has 3 N–H and O–H groups in total. The van der Waals surface area contributed by atoms with Gasteiger partial charge in [-0.3, -0.25) is 9.08 Å². The highest BCUT2D eigenvalue weighted by molar-refractivity contribution is 6.01. The smallest absolute Gasteiger partial charge is 0.206 e. The predicted octanol–water partition coefficient (Wildman–Crippen LogP) is 3.78. The monoisotopic (exact) mass is 415 g/mol. The number of fused-ring (bicyclic) bond motifs is 3. The number of hydrogen-bond acceptors (Lipinski definition) is 5. The maximum absolute atomic E-state index is 13.1. The molecular formula is C23H22FN7. The average molecular weight is 415 g/mol. The van der Waals surface area contributed by atoms with Gasteiger partial charge in [-0.1, -0.05) is 24.3 Å². The van der Waals surface area contributed by atoms with Crippen LogP contribution >= 0.6 is 0 Å². The molecule has 0 aliphatic heterocycles. The molecule has 0 spiro atoms. The lowest BCUT2D eigenvalue weighted by Gasteiger charge is -2.07. The van der Waals surface area contributed by atoms with Crippen molar-refractivity contribution >= 4 is 22.5 Å². The minimum atomic E-state index is -0.236. The topological polar surface area (TPSA) is 86.1 Å². The number of nitrogens with two attached hydrogens (primary N) is 1. The summed E-state index contributed by atoms with van der Waals surface area (Å²) < 4.78 is 16.8. The van der Waals surface area contributed by atoms with Crippen molar-refractivity contribution in [3.05, 3.63) is 78.1 Å². The maximum atomic E-state index is 13.1. The Balaban J connectivity index is 1.47. The second-order valence-corrected chi connectivity index (χ2v) is 7.41. The van der Waals surface area contributed by atoms with Gasteiger partial charge in [-0.2, -0.15) is 5.10 Å². The van der Waals surface area contributed by atoms with Crippen molar-refractivity contribution in [2.75, 3.05) is 5.73 Å². The van der Waals surface area contributed by atoms with Gasteiger partial charge in [-0.05, 0) is 30.7 Å². The van der Waals surface area contributed by atoms with Crippen LogP contribution in [-0.2, 0) is 19.6 Å². The molecule has 31 heavy (non-hydrogen) atoms. The molecule has 0 saturated carbocycles. The Bertz CT molecular complexity index is 1370. The van der Waals surface area contributed by atoms with E-state index >= 15 is 0 Å². The van der Waals surface area contributed by atoms with Crippen molar-refractivity contribution in [3.63, 3.8) is 0 Å². The lowest BCUT2D eigenvalue weighted by Crippen LogP contribution is -2.12. The van der Waals surface area contributed by atoms with Crippen LogP contribution in [0.3, 0.4) is 0 Å². The van der Waals surface area contributed by atoms with Gasteiger partial charge < -0.3 is 11.1 Å². The van der Waals surface area contributed by atoms with E-state index in [0.717, 1.165) is 45.5 Å². The molecule has 5 aromatic rings. The SMILES string of the molecule is CCn1cc(-c2cccc3c2nc(N)n2cc(CNCc4ccc(F)cc4)nc32)cn1. The molecule has 0 aliphatic rings. The van der Waals surface area contributed by atoms with Gasteiger partial charge in [0, 0.05) is 48.5 Å². The fourth-order valence-corrected chi connectivity index (χ4v) is 3.74. The lowest BCUT2D eigenvalue weighted by molar-refractivity contribution is 0.624. The third-order valence-corrected chi connectivity index (χ3v) is 5.32. The van der Waals surface area contributed by atoms with E-state index in [4.69, 9.17) is 10.7 Å². The van der Waals surface area contributed by atoms with Crippen LogP contribution in [0.25, 0.3) is 27.7 Å². The predicted molar refractivity (Wildman–Crippen MR) is 119 cm³/mol. The molecule has 0 fully saturated rings. The molecular weight excluding hydrogens is 393 g/mol. The number of nitrogens with one attached hydrogen (secondary N) is 1. The second-order valence-electron chi connectivity index (χ2n) is 7.41. The molecule has 2 aromatic carbocycles. The quantitative estimate of drug-likeness (QED) is 0.441. The molecule has 0 aliphatic carbocycles. The summed E-state index contributed by atoms with van der Waals surface area (Å²) in [5, 5.41) is 8.65. The summed E-state index contributed by atoms with van der Waals surface area (Å²) in [7, 11) is 0. The zero-order chi connectivity index (χ0) is 21.4. The summed E-state index contributed by atoms with van der Waals surface area (Å²) in [5.74, 6) is 0.149. The summed E-state index contributed by atoms with van der Waals surface area (Å²) >= 11 is 0. The highest BCUT2D eigenvalue weighted by Gasteiger charge is 2.14. The Hall–Kier alpha value is -3.78. The van der Waals surface area contributed by atoms with Crippen LogP contribution in [0.2, 0.25) is 0 Å². The second kappa shape index (κ2) is 7.81. The number of halogens is 1. The van der Waals surface area contributed by atoms with E-state index in [-0.39, 0.29) is 5.82 Å². The number of benzene rings is 2. The molecule has 0 amide bonds. The van der Waals surface area contributed by atoms with E-state index in [1.54, 1.807) is 12.1 Å². The summed E-state index contributed by atoms with van der Waals surface area (Å²) in [6.07, 6.45) is 5.75. The van der Waals surface area contributed by atoms with Crippen molar-refractivity contribution in [3.8, 4) is 11.1 Å². The van der Waals surface area contributed by atoms with Crippen LogP contribution in [0.4, 0.5) is 10.3 Å². The number of nitrogen functional groups attached to an aromatic ring is 1. The number of imidazole rings is 1. The number of anilines is 1. The lowest BCUT2D eigenvalue weighted by atomic mass is 10.1. The van der Waals surface area contributed by atoms with E-state index in [1.807, 2.05) is 45.9 Å². The van der Waals surface area contributed by atoms with Crippen molar-refractivity contribution in [1.29, 1.82) is 0 Å². The third kappa shape index (κ3) is 3.62. The zero-order valence-electron chi connectivity index (χ0n) is 17.1. The van der Waals surface area contributed by atoms with Gasteiger partial charge in [-0.15, -0.1) is 0 Å². The van der Waals surface area contributed by atoms with Crippen LogP contribution in [0.1, 0.15) is 18.2 Å². The number of nitrogens with zero attached hydrogens (tertiary/aromatic N) is 5. The molecule has 156 valence electrons. The maximum Gasteiger partial charge on any atom is 0.206 e. The van der Waals surface area contributed by atoms with Gasteiger partial charge in [0.1, 0.15) is 11.5 Å². The minimum Gasteiger partial charge on any atom is -0.369 e. The zero-order valence-corrected chi connectivity index (χ0v) is 17.1. The summed E-state index contributed by atoms with van der Waals surface area (Å²) in [4.78, 5) is 9.48. The van der Waals surface area contributed by atoms with Gasteiger partial charge in [-0.25, -0.2) is 14.4 Å². The number of para-hydroxylation sites is 1. The highest BCUT2D eigenvalue weighted by atomic mass is 19.1. The molecule has 3 aromatic heterocycles. The largest absolute Gasteiger partial charge is 0.369 e. The molecule has 7 nitrogen and oxygen atoms in total. The van der Waals surface area contributed by atoms with Crippen LogP contribution in [0, 0.1) is 5.82 Å².